The quantitative estimate of drug-likeness (QED) is 0.630. The Kier molecular flexibility index (Phi) is 5.04. The second-order valence-corrected chi connectivity index (χ2v) is 5.95. The second kappa shape index (κ2) is 7.40. The first-order chi connectivity index (χ1) is 12.1. The molecule has 0 fully saturated rings. The molecule has 0 bridgehead atoms. The minimum Gasteiger partial charge on any atom is -0.494 e. The number of rotatable bonds is 5. The Morgan fingerprint density at radius 2 is 1.92 bits per heavy atom. The number of hydrogen-bond donors (Lipinski definition) is 0. The highest BCUT2D eigenvalue weighted by Gasteiger charge is 2.14. The smallest absolute Gasteiger partial charge is 0.358 e. The lowest BCUT2D eigenvalue weighted by Crippen LogP contribution is -2.06. The Bertz CT molecular complexity index is 894. The SMILES string of the molecule is COc1ccc(COC(=O)c2csc(-c3ccc(F)cc3)n2)cc1F. The molecule has 0 saturated carbocycles. The van der Waals surface area contributed by atoms with Crippen molar-refractivity contribution in [3.05, 3.63) is 70.7 Å². The van der Waals surface area contributed by atoms with Gasteiger partial charge in [0, 0.05) is 10.9 Å². The largest absolute Gasteiger partial charge is 0.494 e. The van der Waals surface area contributed by atoms with Gasteiger partial charge in [0.05, 0.1) is 7.11 Å². The highest BCUT2D eigenvalue weighted by Crippen LogP contribution is 2.24. The van der Waals surface area contributed by atoms with Crippen LogP contribution in [0.1, 0.15) is 16.1 Å². The standard InChI is InChI=1S/C18H13F2NO3S/c1-23-16-7-2-11(8-14(16)20)9-24-18(22)15-10-25-17(21-15)12-3-5-13(19)6-4-12/h2-8,10H,9H2,1H3. The predicted molar refractivity (Wildman–Crippen MR) is 89.6 cm³/mol. The number of ether oxygens (including phenoxy) is 2. The van der Waals surface area contributed by atoms with Crippen molar-refractivity contribution in [2.75, 3.05) is 7.11 Å². The van der Waals surface area contributed by atoms with Crippen molar-refractivity contribution in [1.29, 1.82) is 0 Å². The van der Waals surface area contributed by atoms with Gasteiger partial charge < -0.3 is 9.47 Å². The summed E-state index contributed by atoms with van der Waals surface area (Å²) >= 11 is 1.25. The van der Waals surface area contributed by atoms with Gasteiger partial charge in [-0.05, 0) is 42.0 Å². The number of nitrogens with zero attached hydrogens (tertiary/aromatic N) is 1. The Labute approximate surface area is 146 Å². The van der Waals surface area contributed by atoms with E-state index in [2.05, 4.69) is 4.98 Å². The van der Waals surface area contributed by atoms with E-state index in [-0.39, 0.29) is 23.9 Å². The molecule has 0 atom stereocenters. The maximum atomic E-state index is 13.6. The number of carbonyl (C=O) groups excluding carboxylic acids is 1. The van der Waals surface area contributed by atoms with E-state index >= 15 is 0 Å². The van der Waals surface area contributed by atoms with Crippen molar-refractivity contribution >= 4 is 17.3 Å². The molecule has 3 aromatic rings. The first kappa shape index (κ1) is 17.0. The van der Waals surface area contributed by atoms with E-state index in [0.717, 1.165) is 0 Å². The van der Waals surface area contributed by atoms with Crippen LogP contribution in [0.4, 0.5) is 8.78 Å². The van der Waals surface area contributed by atoms with Crippen LogP contribution in [0.2, 0.25) is 0 Å². The lowest BCUT2D eigenvalue weighted by Gasteiger charge is -2.06. The number of carbonyl (C=O) groups is 1. The minimum atomic E-state index is -0.610. The molecule has 0 saturated heterocycles. The number of thiazole rings is 1. The number of halogens is 2. The monoisotopic (exact) mass is 361 g/mol. The van der Waals surface area contributed by atoms with Gasteiger partial charge in [-0.15, -0.1) is 11.3 Å². The topological polar surface area (TPSA) is 48.4 Å². The van der Waals surface area contributed by atoms with Gasteiger partial charge in [0.2, 0.25) is 0 Å². The molecule has 1 aromatic heterocycles. The van der Waals surface area contributed by atoms with Crippen LogP contribution < -0.4 is 4.74 Å². The van der Waals surface area contributed by atoms with Crippen LogP contribution in [0.5, 0.6) is 5.75 Å². The number of hydrogen-bond acceptors (Lipinski definition) is 5. The van der Waals surface area contributed by atoms with Crippen molar-refractivity contribution in [3.8, 4) is 16.3 Å². The molecular weight excluding hydrogens is 348 g/mol. The van der Waals surface area contributed by atoms with Crippen LogP contribution in [-0.4, -0.2) is 18.1 Å². The number of aromatic nitrogens is 1. The van der Waals surface area contributed by atoms with Gasteiger partial charge in [-0.25, -0.2) is 18.6 Å². The van der Waals surface area contributed by atoms with Gasteiger partial charge in [-0.1, -0.05) is 6.07 Å². The fraction of sp³-hybridized carbons (Fsp3) is 0.111. The first-order valence-electron chi connectivity index (χ1n) is 7.28. The van der Waals surface area contributed by atoms with Crippen LogP contribution in [0.25, 0.3) is 10.6 Å². The van der Waals surface area contributed by atoms with Crippen LogP contribution >= 0.6 is 11.3 Å². The van der Waals surface area contributed by atoms with Crippen LogP contribution in [-0.2, 0) is 11.3 Å². The predicted octanol–water partition coefficient (Wildman–Crippen LogP) is 4.45. The third-order valence-electron chi connectivity index (χ3n) is 3.39. The van der Waals surface area contributed by atoms with Gasteiger partial charge in [-0.2, -0.15) is 0 Å². The van der Waals surface area contributed by atoms with E-state index in [1.807, 2.05) is 0 Å². The van der Waals surface area contributed by atoms with Crippen molar-refractivity contribution in [2.24, 2.45) is 0 Å². The van der Waals surface area contributed by atoms with E-state index in [0.29, 0.717) is 16.1 Å². The highest BCUT2D eigenvalue weighted by molar-refractivity contribution is 7.13. The second-order valence-electron chi connectivity index (χ2n) is 5.09. The minimum absolute atomic E-state index is 0.0802. The zero-order valence-corrected chi connectivity index (χ0v) is 14.0. The fourth-order valence-corrected chi connectivity index (χ4v) is 2.91. The van der Waals surface area contributed by atoms with E-state index < -0.39 is 11.8 Å². The van der Waals surface area contributed by atoms with Gasteiger partial charge in [-0.3, -0.25) is 0 Å². The first-order valence-corrected chi connectivity index (χ1v) is 8.16. The van der Waals surface area contributed by atoms with Gasteiger partial charge >= 0.3 is 5.97 Å². The third-order valence-corrected chi connectivity index (χ3v) is 4.28. The van der Waals surface area contributed by atoms with Crippen molar-refractivity contribution in [3.63, 3.8) is 0 Å². The van der Waals surface area contributed by atoms with Gasteiger partial charge in [0.15, 0.2) is 17.3 Å². The molecule has 1 heterocycles. The summed E-state index contributed by atoms with van der Waals surface area (Å²) in [6, 6.07) is 10.2. The summed E-state index contributed by atoms with van der Waals surface area (Å²) < 4.78 is 36.5. The average Bonchev–Trinajstić information content (AvgIpc) is 3.10. The molecule has 2 aromatic carbocycles. The number of methoxy groups -OCH3 is 1. The van der Waals surface area contributed by atoms with Crippen LogP contribution in [0, 0.1) is 11.6 Å². The zero-order chi connectivity index (χ0) is 17.8. The summed E-state index contributed by atoms with van der Waals surface area (Å²) in [5.74, 6) is -1.35. The summed E-state index contributed by atoms with van der Waals surface area (Å²) in [5, 5.41) is 2.15. The lowest BCUT2D eigenvalue weighted by atomic mass is 10.2. The van der Waals surface area contributed by atoms with E-state index in [9.17, 15) is 13.6 Å². The maximum Gasteiger partial charge on any atom is 0.358 e. The molecule has 4 nitrogen and oxygen atoms in total. The summed E-state index contributed by atoms with van der Waals surface area (Å²) in [6.45, 7) is -0.0802. The molecule has 25 heavy (non-hydrogen) atoms. The van der Waals surface area contributed by atoms with E-state index in [4.69, 9.17) is 9.47 Å². The molecule has 0 spiro atoms. The lowest BCUT2D eigenvalue weighted by molar-refractivity contribution is 0.0466. The molecule has 0 N–H and O–H groups in total. The molecule has 128 valence electrons. The number of benzene rings is 2. The summed E-state index contributed by atoms with van der Waals surface area (Å²) in [4.78, 5) is 16.3. The van der Waals surface area contributed by atoms with Crippen molar-refractivity contribution in [2.45, 2.75) is 6.61 Å². The third kappa shape index (κ3) is 4.00. The molecule has 0 amide bonds. The molecule has 0 aliphatic carbocycles. The van der Waals surface area contributed by atoms with E-state index in [1.165, 1.54) is 42.7 Å². The highest BCUT2D eigenvalue weighted by atomic mass is 32.1. The maximum absolute atomic E-state index is 13.6. The van der Waals surface area contributed by atoms with Crippen molar-refractivity contribution < 1.29 is 23.0 Å². The molecule has 0 radical (unpaired) electrons. The van der Waals surface area contributed by atoms with Gasteiger partial charge in [0.25, 0.3) is 0 Å². The normalized spacial score (nSPS) is 10.5. The van der Waals surface area contributed by atoms with Crippen LogP contribution in [0.15, 0.2) is 47.8 Å². The molecular formula is C18H13F2NO3S. The molecule has 0 unspecified atom stereocenters. The average molecular weight is 361 g/mol. The number of esters is 1. The Hall–Kier alpha value is -2.80. The van der Waals surface area contributed by atoms with Crippen LogP contribution in [0.3, 0.4) is 0 Å². The summed E-state index contributed by atoms with van der Waals surface area (Å²) in [7, 11) is 1.37. The van der Waals surface area contributed by atoms with Crippen molar-refractivity contribution in [1.82, 2.24) is 4.98 Å². The molecule has 3 rings (SSSR count). The Balaban J connectivity index is 1.66. The Morgan fingerprint density at radius 3 is 2.60 bits per heavy atom. The fourth-order valence-electron chi connectivity index (χ4n) is 2.12. The summed E-state index contributed by atoms with van der Waals surface area (Å²) in [5.41, 5.74) is 1.36. The Morgan fingerprint density at radius 1 is 1.16 bits per heavy atom. The van der Waals surface area contributed by atoms with E-state index in [1.54, 1.807) is 23.6 Å². The van der Waals surface area contributed by atoms with Gasteiger partial charge in [0.1, 0.15) is 17.4 Å². The molecule has 7 heteroatoms. The molecule has 0 aliphatic rings. The zero-order valence-electron chi connectivity index (χ0n) is 13.2. The molecule has 0 aliphatic heterocycles. The summed E-state index contributed by atoms with van der Waals surface area (Å²) in [6.07, 6.45) is 0.